The lowest BCUT2D eigenvalue weighted by Crippen LogP contribution is -2.10. The first-order valence-corrected chi connectivity index (χ1v) is 5.69. The number of aromatic nitrogens is 1. The first-order chi connectivity index (χ1) is 7.75. The molecule has 3 rings (SSSR count). The summed E-state index contributed by atoms with van der Waals surface area (Å²) in [5.41, 5.74) is 9.73. The molecule has 0 fully saturated rings. The number of halogens is 1. The second kappa shape index (κ2) is 4.41. The Balaban J connectivity index is 0.00000108. The van der Waals surface area contributed by atoms with Gasteiger partial charge in [0.15, 0.2) is 0 Å². The number of H-pyrrole nitrogens is 1. The molecule has 0 bridgehead atoms. The summed E-state index contributed by atoms with van der Waals surface area (Å²) >= 11 is 0. The van der Waals surface area contributed by atoms with Gasteiger partial charge in [0.2, 0.25) is 5.91 Å². The van der Waals surface area contributed by atoms with Crippen molar-refractivity contribution in [3.05, 3.63) is 35.0 Å². The summed E-state index contributed by atoms with van der Waals surface area (Å²) in [4.78, 5) is 14.6. The van der Waals surface area contributed by atoms with E-state index in [1.165, 1.54) is 29.5 Å². The quantitative estimate of drug-likeness (QED) is 0.803. The molecule has 3 nitrogen and oxygen atoms in total. The third-order valence-corrected chi connectivity index (χ3v) is 3.38. The Morgan fingerprint density at radius 3 is 2.76 bits per heavy atom. The normalized spacial score (nSPS) is 14.1. The molecular formula is C13H15ClN2O. The van der Waals surface area contributed by atoms with Gasteiger partial charge >= 0.3 is 0 Å². The Morgan fingerprint density at radius 2 is 2.00 bits per heavy atom. The van der Waals surface area contributed by atoms with Crippen LogP contribution in [0.25, 0.3) is 10.9 Å². The maximum atomic E-state index is 11.1. The van der Waals surface area contributed by atoms with E-state index in [1.54, 1.807) is 6.07 Å². The van der Waals surface area contributed by atoms with Gasteiger partial charge in [-0.05, 0) is 49.4 Å². The average Bonchev–Trinajstić information content (AvgIpc) is 2.66. The molecule has 0 spiro atoms. The van der Waals surface area contributed by atoms with Crippen LogP contribution < -0.4 is 5.73 Å². The van der Waals surface area contributed by atoms with Crippen molar-refractivity contribution in [2.45, 2.75) is 25.7 Å². The van der Waals surface area contributed by atoms with E-state index in [0.29, 0.717) is 5.56 Å². The number of carbonyl (C=O) groups excluding carboxylic acids is 1. The Hall–Kier alpha value is -1.48. The number of hydrogen-bond acceptors (Lipinski definition) is 1. The van der Waals surface area contributed by atoms with Gasteiger partial charge in [-0.1, -0.05) is 0 Å². The number of rotatable bonds is 1. The maximum absolute atomic E-state index is 11.1. The summed E-state index contributed by atoms with van der Waals surface area (Å²) < 4.78 is 0. The first-order valence-electron chi connectivity index (χ1n) is 5.69. The van der Waals surface area contributed by atoms with Crippen molar-refractivity contribution in [1.82, 2.24) is 4.98 Å². The number of hydrogen-bond donors (Lipinski definition) is 2. The molecule has 0 aliphatic heterocycles. The van der Waals surface area contributed by atoms with E-state index in [1.807, 2.05) is 12.1 Å². The van der Waals surface area contributed by atoms with Gasteiger partial charge in [-0.2, -0.15) is 0 Å². The minimum absolute atomic E-state index is 0. The van der Waals surface area contributed by atoms with E-state index in [0.717, 1.165) is 18.4 Å². The van der Waals surface area contributed by atoms with Crippen LogP contribution >= 0.6 is 12.4 Å². The smallest absolute Gasteiger partial charge is 0.248 e. The highest BCUT2D eigenvalue weighted by Gasteiger charge is 2.15. The minimum Gasteiger partial charge on any atom is -0.366 e. The third-order valence-electron chi connectivity index (χ3n) is 3.38. The topological polar surface area (TPSA) is 58.9 Å². The SMILES string of the molecule is Cl.NC(=O)c1ccc2[nH]c3c(c2c1)CCCC3. The zero-order chi connectivity index (χ0) is 11.1. The molecule has 1 heterocycles. The zero-order valence-electron chi connectivity index (χ0n) is 9.45. The summed E-state index contributed by atoms with van der Waals surface area (Å²) in [5.74, 6) is -0.354. The molecular weight excluding hydrogens is 236 g/mol. The fourth-order valence-corrected chi connectivity index (χ4v) is 2.56. The second-order valence-electron chi connectivity index (χ2n) is 4.41. The van der Waals surface area contributed by atoms with Crippen molar-refractivity contribution in [2.75, 3.05) is 0 Å². The highest BCUT2D eigenvalue weighted by atomic mass is 35.5. The zero-order valence-corrected chi connectivity index (χ0v) is 10.3. The number of aryl methyl sites for hydroxylation is 2. The van der Waals surface area contributed by atoms with Crippen LogP contribution in [0.3, 0.4) is 0 Å². The van der Waals surface area contributed by atoms with Gasteiger partial charge < -0.3 is 10.7 Å². The molecule has 0 saturated carbocycles. The molecule has 1 aromatic carbocycles. The predicted molar refractivity (Wildman–Crippen MR) is 70.7 cm³/mol. The molecule has 1 aliphatic rings. The number of nitrogens with one attached hydrogen (secondary N) is 1. The summed E-state index contributed by atoms with van der Waals surface area (Å²) in [5, 5.41) is 1.17. The Labute approximate surface area is 106 Å². The number of nitrogens with two attached hydrogens (primary N) is 1. The number of fused-ring (bicyclic) bond motifs is 3. The Bertz CT molecular complexity index is 574. The minimum atomic E-state index is -0.354. The van der Waals surface area contributed by atoms with Crippen LogP contribution in [0.1, 0.15) is 34.5 Å². The van der Waals surface area contributed by atoms with Gasteiger partial charge in [0.25, 0.3) is 0 Å². The monoisotopic (exact) mass is 250 g/mol. The molecule has 17 heavy (non-hydrogen) atoms. The van der Waals surface area contributed by atoms with Crippen LogP contribution in [0.4, 0.5) is 0 Å². The molecule has 4 heteroatoms. The summed E-state index contributed by atoms with van der Waals surface area (Å²) in [6.07, 6.45) is 4.72. The number of benzene rings is 1. The maximum Gasteiger partial charge on any atom is 0.248 e. The lowest BCUT2D eigenvalue weighted by atomic mass is 9.95. The van der Waals surface area contributed by atoms with Crippen LogP contribution in [0, 0.1) is 0 Å². The molecule has 0 radical (unpaired) electrons. The van der Waals surface area contributed by atoms with Crippen molar-refractivity contribution < 1.29 is 4.79 Å². The molecule has 0 saturated heterocycles. The van der Waals surface area contributed by atoms with Crippen molar-refractivity contribution in [2.24, 2.45) is 5.73 Å². The number of aromatic amines is 1. The van der Waals surface area contributed by atoms with Crippen molar-refractivity contribution in [1.29, 1.82) is 0 Å². The molecule has 0 unspecified atom stereocenters. The van der Waals surface area contributed by atoms with E-state index >= 15 is 0 Å². The lowest BCUT2D eigenvalue weighted by Gasteiger charge is -2.10. The van der Waals surface area contributed by atoms with Crippen LogP contribution in [-0.2, 0) is 12.8 Å². The van der Waals surface area contributed by atoms with Crippen LogP contribution in [0.2, 0.25) is 0 Å². The molecule has 0 atom stereocenters. The number of amides is 1. The van der Waals surface area contributed by atoms with E-state index in [2.05, 4.69) is 4.98 Å². The average molecular weight is 251 g/mol. The number of carbonyl (C=O) groups is 1. The van der Waals surface area contributed by atoms with Crippen molar-refractivity contribution >= 4 is 29.2 Å². The summed E-state index contributed by atoms with van der Waals surface area (Å²) in [7, 11) is 0. The molecule has 2 aromatic rings. The van der Waals surface area contributed by atoms with Crippen molar-refractivity contribution in [3.8, 4) is 0 Å². The van der Waals surface area contributed by atoms with Crippen molar-refractivity contribution in [3.63, 3.8) is 0 Å². The third kappa shape index (κ3) is 1.91. The Kier molecular flexibility index (Phi) is 3.11. The van der Waals surface area contributed by atoms with Gasteiger partial charge in [-0.15, -0.1) is 12.4 Å². The van der Waals surface area contributed by atoms with Gasteiger partial charge in [0, 0.05) is 22.2 Å². The molecule has 90 valence electrons. The van der Waals surface area contributed by atoms with E-state index in [9.17, 15) is 4.79 Å². The lowest BCUT2D eigenvalue weighted by molar-refractivity contribution is 0.100. The standard InChI is InChI=1S/C13H14N2O.ClH/c14-13(16)8-5-6-12-10(7-8)9-3-1-2-4-11(9)15-12;/h5-7,15H,1-4H2,(H2,14,16);1H. The van der Waals surface area contributed by atoms with E-state index < -0.39 is 0 Å². The highest BCUT2D eigenvalue weighted by Crippen LogP contribution is 2.29. The fourth-order valence-electron chi connectivity index (χ4n) is 2.56. The molecule has 1 amide bonds. The van der Waals surface area contributed by atoms with E-state index in [4.69, 9.17) is 5.73 Å². The second-order valence-corrected chi connectivity index (χ2v) is 4.41. The van der Waals surface area contributed by atoms with Crippen LogP contribution in [0.15, 0.2) is 18.2 Å². The summed E-state index contributed by atoms with van der Waals surface area (Å²) in [6, 6.07) is 5.65. The Morgan fingerprint density at radius 1 is 1.24 bits per heavy atom. The largest absolute Gasteiger partial charge is 0.366 e. The number of primary amides is 1. The first kappa shape index (κ1) is 12.0. The van der Waals surface area contributed by atoms with Gasteiger partial charge in [0.05, 0.1) is 0 Å². The van der Waals surface area contributed by atoms with Gasteiger partial charge in [-0.3, -0.25) is 4.79 Å². The molecule has 1 aromatic heterocycles. The van der Waals surface area contributed by atoms with Gasteiger partial charge in [-0.25, -0.2) is 0 Å². The van der Waals surface area contributed by atoms with E-state index in [-0.39, 0.29) is 18.3 Å². The molecule has 3 N–H and O–H groups in total. The fraction of sp³-hybridized carbons (Fsp3) is 0.308. The summed E-state index contributed by atoms with van der Waals surface area (Å²) in [6.45, 7) is 0. The molecule has 1 aliphatic carbocycles. The van der Waals surface area contributed by atoms with Gasteiger partial charge in [0.1, 0.15) is 0 Å². The predicted octanol–water partition coefficient (Wildman–Crippen LogP) is 2.57. The van der Waals surface area contributed by atoms with Crippen LogP contribution in [0.5, 0.6) is 0 Å². The van der Waals surface area contributed by atoms with Crippen LogP contribution in [-0.4, -0.2) is 10.9 Å². The highest BCUT2D eigenvalue weighted by molar-refractivity contribution is 5.98.